The minimum Gasteiger partial charge on any atom is -0.367 e. The van der Waals surface area contributed by atoms with Crippen molar-refractivity contribution in [3.63, 3.8) is 0 Å². The third kappa shape index (κ3) is 2.96. The Morgan fingerprint density at radius 2 is 1.83 bits per heavy atom. The second kappa shape index (κ2) is 6.40. The molecule has 0 radical (unpaired) electrons. The van der Waals surface area contributed by atoms with Crippen LogP contribution in [-0.2, 0) is 0 Å². The molecule has 0 amide bonds. The number of nitrogens with zero attached hydrogens (tertiary/aromatic N) is 3. The first-order chi connectivity index (χ1) is 11.7. The lowest BCUT2D eigenvalue weighted by atomic mass is 9.87. The zero-order chi connectivity index (χ0) is 16.5. The Hall–Kier alpha value is -2.14. The Morgan fingerprint density at radius 1 is 1.08 bits per heavy atom. The molecular weight excluding hydrogens is 324 g/mol. The van der Waals surface area contributed by atoms with Crippen molar-refractivity contribution in [1.29, 1.82) is 0 Å². The first-order valence-electron chi connectivity index (χ1n) is 8.33. The zero-order valence-electron chi connectivity index (χ0n) is 13.5. The number of anilines is 1. The minimum atomic E-state index is 0.437. The number of nitrogens with one attached hydrogen (secondary N) is 1. The lowest BCUT2D eigenvalue weighted by Crippen LogP contribution is -2.25. The Balaban J connectivity index is 1.70. The summed E-state index contributed by atoms with van der Waals surface area (Å²) in [6, 6.07) is 7.98. The molecule has 2 aromatic heterocycles. The van der Waals surface area contributed by atoms with Crippen LogP contribution in [0.3, 0.4) is 0 Å². The molecule has 0 unspecified atom stereocenters. The zero-order valence-corrected chi connectivity index (χ0v) is 14.3. The molecule has 6 heteroatoms. The predicted molar refractivity (Wildman–Crippen MR) is 95.1 cm³/mol. The summed E-state index contributed by atoms with van der Waals surface area (Å²) in [5.74, 6) is 1.61. The molecule has 1 N–H and O–H groups in total. The monoisotopic (exact) mass is 342 g/mol. The van der Waals surface area contributed by atoms with Crippen LogP contribution < -0.4 is 5.32 Å². The van der Waals surface area contributed by atoms with E-state index in [1.165, 1.54) is 19.2 Å². The lowest BCUT2D eigenvalue weighted by molar-refractivity contribution is 0.361. The maximum atomic E-state index is 5.98. The highest BCUT2D eigenvalue weighted by atomic mass is 35.5. The molecule has 0 spiro atoms. The predicted octanol–water partition coefficient (Wildman–Crippen LogP) is 4.93. The van der Waals surface area contributed by atoms with Crippen LogP contribution >= 0.6 is 11.6 Å². The number of hydrogen-bond acceptors (Lipinski definition) is 5. The molecule has 1 aliphatic rings. The van der Waals surface area contributed by atoms with E-state index in [1.807, 2.05) is 24.3 Å². The highest BCUT2D eigenvalue weighted by Crippen LogP contribution is 2.33. The molecule has 0 bridgehead atoms. The van der Waals surface area contributed by atoms with Gasteiger partial charge in [-0.25, -0.2) is 4.98 Å². The Morgan fingerprint density at radius 3 is 2.58 bits per heavy atom. The summed E-state index contributed by atoms with van der Waals surface area (Å²) < 4.78 is 5.41. The minimum absolute atomic E-state index is 0.437. The maximum Gasteiger partial charge on any atom is 0.263 e. The van der Waals surface area contributed by atoms with Crippen molar-refractivity contribution in [3.8, 4) is 11.3 Å². The summed E-state index contributed by atoms with van der Waals surface area (Å²) >= 11 is 5.98. The van der Waals surface area contributed by atoms with Crippen LogP contribution in [0.2, 0.25) is 5.02 Å². The van der Waals surface area contributed by atoms with Crippen LogP contribution in [-0.4, -0.2) is 21.2 Å². The van der Waals surface area contributed by atoms with E-state index in [4.69, 9.17) is 16.1 Å². The van der Waals surface area contributed by atoms with Gasteiger partial charge < -0.3 is 9.84 Å². The van der Waals surface area contributed by atoms with Gasteiger partial charge >= 0.3 is 0 Å². The molecule has 1 aliphatic carbocycles. The first kappa shape index (κ1) is 15.4. The molecule has 24 heavy (non-hydrogen) atoms. The number of aromatic nitrogens is 3. The standard InChI is InChI=1S/C18H19ClN4O/c1-11-2-8-14(9-3-11)22-17-15-16(12-4-6-13(19)7-5-12)23-24-18(15)21-10-20-17/h4-7,10-11,14H,2-3,8-9H2,1H3,(H,20,21,22). The average molecular weight is 343 g/mol. The van der Waals surface area contributed by atoms with Gasteiger partial charge in [-0.1, -0.05) is 35.8 Å². The van der Waals surface area contributed by atoms with Crippen LogP contribution in [0.25, 0.3) is 22.4 Å². The quantitative estimate of drug-likeness (QED) is 0.731. The summed E-state index contributed by atoms with van der Waals surface area (Å²) in [5, 5.41) is 9.30. The number of fused-ring (bicyclic) bond motifs is 1. The highest BCUT2D eigenvalue weighted by Gasteiger charge is 2.22. The Labute approximate surface area is 145 Å². The molecule has 5 nitrogen and oxygen atoms in total. The highest BCUT2D eigenvalue weighted by molar-refractivity contribution is 6.30. The number of halogens is 1. The fraction of sp³-hybridized carbons (Fsp3) is 0.389. The van der Waals surface area contributed by atoms with Gasteiger partial charge in [0.15, 0.2) is 0 Å². The fourth-order valence-corrected chi connectivity index (χ4v) is 3.42. The van der Waals surface area contributed by atoms with Crippen LogP contribution in [0.1, 0.15) is 32.6 Å². The molecule has 0 aliphatic heterocycles. The molecule has 4 rings (SSSR count). The smallest absolute Gasteiger partial charge is 0.263 e. The van der Waals surface area contributed by atoms with Gasteiger partial charge in [0.05, 0.1) is 0 Å². The van der Waals surface area contributed by atoms with Gasteiger partial charge in [0.2, 0.25) is 0 Å². The molecule has 1 fully saturated rings. The first-order valence-corrected chi connectivity index (χ1v) is 8.71. The largest absolute Gasteiger partial charge is 0.367 e. The van der Waals surface area contributed by atoms with Crippen molar-refractivity contribution < 1.29 is 4.52 Å². The van der Waals surface area contributed by atoms with E-state index in [0.717, 1.165) is 41.2 Å². The summed E-state index contributed by atoms with van der Waals surface area (Å²) in [6.45, 7) is 2.32. The van der Waals surface area contributed by atoms with Gasteiger partial charge in [-0.15, -0.1) is 0 Å². The molecule has 124 valence electrons. The van der Waals surface area contributed by atoms with Crippen LogP contribution in [0.15, 0.2) is 35.1 Å². The van der Waals surface area contributed by atoms with E-state index in [1.54, 1.807) is 0 Å². The number of hydrogen-bond donors (Lipinski definition) is 1. The van der Waals surface area contributed by atoms with Crippen LogP contribution in [0.4, 0.5) is 5.82 Å². The number of rotatable bonds is 3. The van der Waals surface area contributed by atoms with Gasteiger partial charge in [-0.3, -0.25) is 0 Å². The van der Waals surface area contributed by atoms with Crippen molar-refractivity contribution in [1.82, 2.24) is 15.1 Å². The topological polar surface area (TPSA) is 63.8 Å². The Bertz CT molecular complexity index is 838. The Kier molecular flexibility index (Phi) is 4.10. The van der Waals surface area contributed by atoms with E-state index < -0.39 is 0 Å². The number of benzene rings is 1. The van der Waals surface area contributed by atoms with Crippen LogP contribution in [0, 0.1) is 5.92 Å². The van der Waals surface area contributed by atoms with Crippen molar-refractivity contribution in [3.05, 3.63) is 35.6 Å². The second-order valence-corrected chi connectivity index (χ2v) is 6.98. The molecule has 1 saturated carbocycles. The molecular formula is C18H19ClN4O. The van der Waals surface area contributed by atoms with E-state index in [0.29, 0.717) is 16.8 Å². The maximum absolute atomic E-state index is 5.98. The van der Waals surface area contributed by atoms with E-state index in [-0.39, 0.29) is 0 Å². The summed E-state index contributed by atoms with van der Waals surface area (Å²) in [5.41, 5.74) is 2.18. The van der Waals surface area contributed by atoms with Crippen LogP contribution in [0.5, 0.6) is 0 Å². The van der Waals surface area contributed by atoms with Gasteiger partial charge in [0.25, 0.3) is 5.71 Å². The van der Waals surface area contributed by atoms with Crippen molar-refractivity contribution in [2.45, 2.75) is 38.6 Å². The second-order valence-electron chi connectivity index (χ2n) is 6.54. The molecule has 0 saturated heterocycles. The molecule has 2 heterocycles. The molecule has 3 aromatic rings. The van der Waals surface area contributed by atoms with Gasteiger partial charge in [0, 0.05) is 16.6 Å². The third-order valence-electron chi connectivity index (χ3n) is 4.75. The van der Waals surface area contributed by atoms with Gasteiger partial charge in [-0.2, -0.15) is 4.98 Å². The van der Waals surface area contributed by atoms with E-state index in [9.17, 15) is 0 Å². The third-order valence-corrected chi connectivity index (χ3v) is 5.00. The molecule has 0 atom stereocenters. The van der Waals surface area contributed by atoms with Crippen molar-refractivity contribution >= 4 is 28.5 Å². The lowest BCUT2D eigenvalue weighted by Gasteiger charge is -2.27. The van der Waals surface area contributed by atoms with Gasteiger partial charge in [0.1, 0.15) is 23.2 Å². The van der Waals surface area contributed by atoms with Crippen molar-refractivity contribution in [2.24, 2.45) is 5.92 Å². The van der Waals surface area contributed by atoms with Crippen molar-refractivity contribution in [2.75, 3.05) is 5.32 Å². The fourth-order valence-electron chi connectivity index (χ4n) is 3.30. The SMILES string of the molecule is CC1CCC(Nc2ncnc3onc(-c4ccc(Cl)cc4)c23)CC1. The summed E-state index contributed by atoms with van der Waals surface area (Å²) in [7, 11) is 0. The summed E-state index contributed by atoms with van der Waals surface area (Å²) in [4.78, 5) is 8.65. The van der Waals surface area contributed by atoms with E-state index >= 15 is 0 Å². The summed E-state index contributed by atoms with van der Waals surface area (Å²) in [6.07, 6.45) is 6.34. The van der Waals surface area contributed by atoms with E-state index in [2.05, 4.69) is 27.4 Å². The molecule has 1 aromatic carbocycles. The van der Waals surface area contributed by atoms with Gasteiger partial charge in [-0.05, 0) is 43.7 Å². The average Bonchev–Trinajstić information content (AvgIpc) is 3.03. The normalized spacial score (nSPS) is 21.1.